The molecule has 140 valence electrons. The van der Waals surface area contributed by atoms with E-state index in [-0.39, 0.29) is 11.4 Å². The topological polar surface area (TPSA) is 62.6 Å². The van der Waals surface area contributed by atoms with Gasteiger partial charge in [0.05, 0.1) is 26.3 Å². The van der Waals surface area contributed by atoms with E-state index in [4.69, 9.17) is 4.74 Å². The van der Waals surface area contributed by atoms with Crippen LogP contribution in [0.2, 0.25) is 0 Å². The van der Waals surface area contributed by atoms with Crippen LogP contribution in [0.4, 0.5) is 0 Å². The number of hydrogen-bond donors (Lipinski definition) is 1. The number of rotatable bonds is 7. The first-order chi connectivity index (χ1) is 12.0. The average molecular weight is 349 g/mol. The van der Waals surface area contributed by atoms with Gasteiger partial charge >= 0.3 is 0 Å². The highest BCUT2D eigenvalue weighted by atomic mass is 16.5. The summed E-state index contributed by atoms with van der Waals surface area (Å²) in [4.78, 5) is 17.1. The molecule has 2 aliphatic heterocycles. The van der Waals surface area contributed by atoms with Crippen LogP contribution in [0.5, 0.6) is 0 Å². The maximum Gasteiger partial charge on any atom is 0.234 e. The monoisotopic (exact) mass is 349 g/mol. The molecule has 1 N–H and O–H groups in total. The van der Waals surface area contributed by atoms with E-state index in [0.717, 1.165) is 52.2 Å². The Balaban J connectivity index is 1.45. The number of carbonyl (C=O) groups is 1. The molecule has 7 heteroatoms. The quantitative estimate of drug-likeness (QED) is 0.780. The molecule has 2 aliphatic rings. The number of ether oxygens (including phenoxy) is 1. The predicted octanol–water partition coefficient (Wildman–Crippen LogP) is 0.575. The number of amides is 1. The molecule has 1 aromatic heterocycles. The van der Waals surface area contributed by atoms with E-state index in [9.17, 15) is 4.79 Å². The molecule has 0 saturated carbocycles. The van der Waals surface area contributed by atoms with Crippen molar-refractivity contribution in [1.82, 2.24) is 24.9 Å². The molecule has 0 bridgehead atoms. The Morgan fingerprint density at radius 2 is 2.12 bits per heavy atom. The lowest BCUT2D eigenvalue weighted by atomic mass is 10.0. The second-order valence-electron chi connectivity index (χ2n) is 7.68. The van der Waals surface area contributed by atoms with Gasteiger partial charge in [-0.25, -0.2) is 0 Å². The van der Waals surface area contributed by atoms with Gasteiger partial charge in [0.1, 0.15) is 0 Å². The zero-order chi connectivity index (χ0) is 17.7. The summed E-state index contributed by atoms with van der Waals surface area (Å²) >= 11 is 0. The van der Waals surface area contributed by atoms with Crippen molar-refractivity contribution >= 4 is 5.91 Å². The first kappa shape index (κ1) is 18.4. The van der Waals surface area contributed by atoms with Crippen LogP contribution in [-0.2, 0) is 16.1 Å². The van der Waals surface area contributed by atoms with Crippen molar-refractivity contribution in [2.45, 2.75) is 44.8 Å². The van der Waals surface area contributed by atoms with Crippen LogP contribution in [0.3, 0.4) is 0 Å². The van der Waals surface area contributed by atoms with E-state index in [1.54, 1.807) is 6.20 Å². The van der Waals surface area contributed by atoms with Gasteiger partial charge in [-0.3, -0.25) is 19.3 Å². The van der Waals surface area contributed by atoms with Gasteiger partial charge in [-0.15, -0.1) is 0 Å². The summed E-state index contributed by atoms with van der Waals surface area (Å²) in [7, 11) is 0. The molecule has 7 nitrogen and oxygen atoms in total. The van der Waals surface area contributed by atoms with E-state index < -0.39 is 0 Å². The molecule has 0 radical (unpaired) electrons. The van der Waals surface area contributed by atoms with Crippen molar-refractivity contribution < 1.29 is 9.53 Å². The highest BCUT2D eigenvalue weighted by Gasteiger charge is 2.30. The Labute approximate surface area is 150 Å². The van der Waals surface area contributed by atoms with Gasteiger partial charge in [0.15, 0.2) is 0 Å². The van der Waals surface area contributed by atoms with Gasteiger partial charge in [-0.05, 0) is 39.3 Å². The second kappa shape index (κ2) is 8.29. The normalized spacial score (nSPS) is 23.0. The SMILES string of the molecule is CC(C)(CNC(=O)CN1CCC[C@H]1Cn1cccn1)N1CCOCC1. The van der Waals surface area contributed by atoms with Crippen LogP contribution in [0.25, 0.3) is 0 Å². The molecule has 2 saturated heterocycles. The molecule has 0 aromatic carbocycles. The lowest BCUT2D eigenvalue weighted by molar-refractivity contribution is -0.123. The third-order valence-electron chi connectivity index (χ3n) is 5.39. The molecule has 0 unspecified atom stereocenters. The van der Waals surface area contributed by atoms with Crippen molar-refractivity contribution in [3.63, 3.8) is 0 Å². The fourth-order valence-electron chi connectivity index (χ4n) is 3.77. The second-order valence-corrected chi connectivity index (χ2v) is 7.68. The maximum atomic E-state index is 12.5. The number of likely N-dealkylation sites (tertiary alicyclic amines) is 1. The molecular formula is C18H31N5O2. The van der Waals surface area contributed by atoms with E-state index in [1.807, 2.05) is 16.9 Å². The lowest BCUT2D eigenvalue weighted by Gasteiger charge is -2.41. The van der Waals surface area contributed by atoms with Crippen molar-refractivity contribution in [2.24, 2.45) is 0 Å². The fourth-order valence-corrected chi connectivity index (χ4v) is 3.77. The van der Waals surface area contributed by atoms with E-state index in [0.29, 0.717) is 19.1 Å². The number of nitrogens with zero attached hydrogens (tertiary/aromatic N) is 4. The van der Waals surface area contributed by atoms with Crippen LogP contribution in [0, 0.1) is 0 Å². The Bertz CT molecular complexity index is 540. The van der Waals surface area contributed by atoms with Crippen molar-refractivity contribution in [3.8, 4) is 0 Å². The number of morpholine rings is 1. The summed E-state index contributed by atoms with van der Waals surface area (Å²) in [6, 6.07) is 2.35. The summed E-state index contributed by atoms with van der Waals surface area (Å²) in [5.74, 6) is 0.119. The minimum absolute atomic E-state index is 0.0427. The minimum Gasteiger partial charge on any atom is -0.379 e. The van der Waals surface area contributed by atoms with Crippen molar-refractivity contribution in [2.75, 3.05) is 45.9 Å². The van der Waals surface area contributed by atoms with Crippen LogP contribution in [0.1, 0.15) is 26.7 Å². The zero-order valence-electron chi connectivity index (χ0n) is 15.5. The Morgan fingerprint density at radius 1 is 1.32 bits per heavy atom. The third kappa shape index (κ3) is 5.03. The van der Waals surface area contributed by atoms with Crippen LogP contribution in [-0.4, -0.2) is 83.0 Å². The molecular weight excluding hydrogens is 318 g/mol. The molecule has 0 spiro atoms. The first-order valence-corrected chi connectivity index (χ1v) is 9.35. The molecule has 25 heavy (non-hydrogen) atoms. The van der Waals surface area contributed by atoms with Gasteiger partial charge in [-0.1, -0.05) is 0 Å². The van der Waals surface area contributed by atoms with Crippen LogP contribution >= 0.6 is 0 Å². The van der Waals surface area contributed by atoms with Gasteiger partial charge in [0, 0.05) is 43.6 Å². The van der Waals surface area contributed by atoms with Crippen LogP contribution in [0.15, 0.2) is 18.5 Å². The van der Waals surface area contributed by atoms with Crippen molar-refractivity contribution in [3.05, 3.63) is 18.5 Å². The number of hydrogen-bond acceptors (Lipinski definition) is 5. The summed E-state index contributed by atoms with van der Waals surface area (Å²) in [6.07, 6.45) is 6.08. The standard InChI is InChI=1S/C18H31N5O2/c1-18(2,22-9-11-25-12-10-22)15-19-17(24)14-21-7-3-5-16(21)13-23-8-4-6-20-23/h4,6,8,16H,3,5,7,9-15H2,1-2H3,(H,19,24)/t16-/m0/s1. The lowest BCUT2D eigenvalue weighted by Crippen LogP contribution is -2.56. The Morgan fingerprint density at radius 3 is 2.84 bits per heavy atom. The van der Waals surface area contributed by atoms with Crippen molar-refractivity contribution in [1.29, 1.82) is 0 Å². The number of aromatic nitrogens is 2. The maximum absolute atomic E-state index is 12.5. The van der Waals surface area contributed by atoms with Gasteiger partial charge in [0.2, 0.25) is 5.91 Å². The number of carbonyl (C=O) groups excluding carboxylic acids is 1. The van der Waals surface area contributed by atoms with E-state index in [2.05, 4.69) is 34.1 Å². The smallest absolute Gasteiger partial charge is 0.234 e. The fraction of sp³-hybridized carbons (Fsp3) is 0.778. The molecule has 0 aliphatic carbocycles. The first-order valence-electron chi connectivity index (χ1n) is 9.35. The molecule has 1 atom stereocenters. The number of nitrogens with one attached hydrogen (secondary N) is 1. The van der Waals surface area contributed by atoms with Crippen LogP contribution < -0.4 is 5.32 Å². The van der Waals surface area contributed by atoms with Gasteiger partial charge in [-0.2, -0.15) is 5.10 Å². The molecule has 1 amide bonds. The predicted molar refractivity (Wildman–Crippen MR) is 96.3 cm³/mol. The van der Waals surface area contributed by atoms with E-state index >= 15 is 0 Å². The summed E-state index contributed by atoms with van der Waals surface area (Å²) in [5.41, 5.74) is -0.0427. The van der Waals surface area contributed by atoms with E-state index in [1.165, 1.54) is 0 Å². The third-order valence-corrected chi connectivity index (χ3v) is 5.39. The summed E-state index contributed by atoms with van der Waals surface area (Å²) in [6.45, 7) is 10.8. The zero-order valence-corrected chi connectivity index (χ0v) is 15.5. The molecule has 3 heterocycles. The average Bonchev–Trinajstić information content (AvgIpc) is 3.27. The highest BCUT2D eigenvalue weighted by molar-refractivity contribution is 5.78. The Hall–Kier alpha value is -1.44. The van der Waals surface area contributed by atoms with Gasteiger partial charge < -0.3 is 10.1 Å². The Kier molecular flexibility index (Phi) is 6.09. The van der Waals surface area contributed by atoms with Gasteiger partial charge in [0.25, 0.3) is 0 Å². The summed E-state index contributed by atoms with van der Waals surface area (Å²) in [5, 5.41) is 7.43. The largest absolute Gasteiger partial charge is 0.379 e. The molecule has 2 fully saturated rings. The minimum atomic E-state index is -0.0427. The molecule has 3 rings (SSSR count). The summed E-state index contributed by atoms with van der Waals surface area (Å²) < 4.78 is 7.38. The highest BCUT2D eigenvalue weighted by Crippen LogP contribution is 2.18. The molecule has 1 aromatic rings.